The van der Waals surface area contributed by atoms with E-state index in [0.717, 1.165) is 0 Å². The molecule has 0 radical (unpaired) electrons. The number of hydrogen-bond donors (Lipinski definition) is 1. The van der Waals surface area contributed by atoms with E-state index < -0.39 is 5.82 Å². The molecule has 0 aliphatic heterocycles. The highest BCUT2D eigenvalue weighted by atomic mass is 19.1. The molecule has 1 aromatic heterocycles. The third kappa shape index (κ3) is 2.50. The normalized spacial score (nSPS) is 10.2. The highest BCUT2D eigenvalue weighted by Gasteiger charge is 2.06. The summed E-state index contributed by atoms with van der Waals surface area (Å²) in [6.45, 7) is 2.20. The molecule has 5 heteroatoms. The Morgan fingerprint density at radius 1 is 1.35 bits per heavy atom. The van der Waals surface area contributed by atoms with Gasteiger partial charge in [-0.1, -0.05) is 0 Å². The molecule has 1 aromatic carbocycles. The molecule has 2 aromatic rings. The van der Waals surface area contributed by atoms with Crippen LogP contribution in [0.15, 0.2) is 35.1 Å². The lowest BCUT2D eigenvalue weighted by Gasteiger charge is -2.06. The van der Waals surface area contributed by atoms with E-state index in [9.17, 15) is 9.18 Å². The molecule has 0 bridgehead atoms. The molecule has 1 N–H and O–H groups in total. The average Bonchev–Trinajstić information content (AvgIpc) is 2.33. The number of hydrogen-bond acceptors (Lipinski definition) is 3. The van der Waals surface area contributed by atoms with E-state index in [-0.39, 0.29) is 11.3 Å². The lowest BCUT2D eigenvalue weighted by atomic mass is 10.1. The van der Waals surface area contributed by atoms with Crippen LogP contribution in [-0.4, -0.2) is 16.8 Å². The maximum absolute atomic E-state index is 13.6. The van der Waals surface area contributed by atoms with Gasteiger partial charge in [0.25, 0.3) is 5.56 Å². The maximum Gasteiger partial charge on any atom is 0.264 e. The molecule has 0 saturated heterocycles. The van der Waals surface area contributed by atoms with Crippen LogP contribution < -0.4 is 10.3 Å². The number of nitrogens with zero attached hydrogens (tertiary/aromatic N) is 1. The Morgan fingerprint density at radius 2 is 2.18 bits per heavy atom. The molecule has 17 heavy (non-hydrogen) atoms. The molecule has 0 aliphatic rings. The van der Waals surface area contributed by atoms with Crippen molar-refractivity contribution in [2.24, 2.45) is 0 Å². The van der Waals surface area contributed by atoms with E-state index in [4.69, 9.17) is 4.74 Å². The number of ether oxygens (including phenoxy) is 1. The summed E-state index contributed by atoms with van der Waals surface area (Å²) in [4.78, 5) is 10.8. The minimum Gasteiger partial charge on any atom is -0.491 e. The van der Waals surface area contributed by atoms with E-state index in [0.29, 0.717) is 17.9 Å². The van der Waals surface area contributed by atoms with Crippen LogP contribution in [0.1, 0.15) is 6.92 Å². The highest BCUT2D eigenvalue weighted by molar-refractivity contribution is 5.59. The number of benzene rings is 1. The fourth-order valence-electron chi connectivity index (χ4n) is 1.44. The molecule has 0 atom stereocenters. The molecular formula is C12H11FN2O2. The second-order valence-corrected chi connectivity index (χ2v) is 3.38. The Kier molecular flexibility index (Phi) is 3.18. The number of nitrogens with one attached hydrogen (secondary N) is 1. The summed E-state index contributed by atoms with van der Waals surface area (Å²) in [5, 5.41) is 6.12. The first-order valence-corrected chi connectivity index (χ1v) is 5.19. The zero-order valence-corrected chi connectivity index (χ0v) is 9.24. The van der Waals surface area contributed by atoms with Gasteiger partial charge >= 0.3 is 0 Å². The fourth-order valence-corrected chi connectivity index (χ4v) is 1.44. The highest BCUT2D eigenvalue weighted by Crippen LogP contribution is 2.23. The summed E-state index contributed by atoms with van der Waals surface area (Å²) in [6.07, 6.45) is 0. The van der Waals surface area contributed by atoms with Crippen LogP contribution in [0, 0.1) is 5.82 Å². The number of rotatable bonds is 3. The van der Waals surface area contributed by atoms with Gasteiger partial charge in [-0.05, 0) is 31.2 Å². The Morgan fingerprint density at radius 3 is 2.76 bits per heavy atom. The molecule has 2 rings (SSSR count). The molecular weight excluding hydrogens is 223 g/mol. The molecule has 4 nitrogen and oxygen atoms in total. The van der Waals surface area contributed by atoms with E-state index in [1.807, 2.05) is 0 Å². The first kappa shape index (κ1) is 11.3. The van der Waals surface area contributed by atoms with Crippen molar-refractivity contribution in [1.82, 2.24) is 10.2 Å². The first-order valence-electron chi connectivity index (χ1n) is 5.19. The quantitative estimate of drug-likeness (QED) is 0.883. The Hall–Kier alpha value is -2.17. The predicted octanol–water partition coefficient (Wildman–Crippen LogP) is 1.97. The van der Waals surface area contributed by atoms with Gasteiger partial charge in [-0.3, -0.25) is 4.79 Å². The number of aromatic amines is 1. The van der Waals surface area contributed by atoms with Crippen molar-refractivity contribution < 1.29 is 9.13 Å². The van der Waals surface area contributed by atoms with Gasteiger partial charge in [0.15, 0.2) is 11.6 Å². The van der Waals surface area contributed by atoms with Crippen molar-refractivity contribution >= 4 is 0 Å². The molecule has 0 saturated carbocycles. The van der Waals surface area contributed by atoms with Crippen LogP contribution in [0.4, 0.5) is 4.39 Å². The summed E-state index contributed by atoms with van der Waals surface area (Å²) in [7, 11) is 0. The fraction of sp³-hybridized carbons (Fsp3) is 0.167. The lowest BCUT2D eigenvalue weighted by molar-refractivity contribution is 0.321. The van der Waals surface area contributed by atoms with Gasteiger partial charge in [0.2, 0.25) is 0 Å². The average molecular weight is 234 g/mol. The van der Waals surface area contributed by atoms with Crippen molar-refractivity contribution in [2.75, 3.05) is 6.61 Å². The smallest absolute Gasteiger partial charge is 0.264 e. The van der Waals surface area contributed by atoms with Crippen LogP contribution in [0.25, 0.3) is 11.3 Å². The zero-order valence-electron chi connectivity index (χ0n) is 9.24. The summed E-state index contributed by atoms with van der Waals surface area (Å²) < 4.78 is 18.7. The number of H-pyrrole nitrogens is 1. The topological polar surface area (TPSA) is 55.0 Å². The van der Waals surface area contributed by atoms with Crippen molar-refractivity contribution in [1.29, 1.82) is 0 Å². The minimum absolute atomic E-state index is 0.209. The predicted molar refractivity (Wildman–Crippen MR) is 61.4 cm³/mol. The first-order chi connectivity index (χ1) is 8.20. The Labute approximate surface area is 97.1 Å². The van der Waals surface area contributed by atoms with Crippen LogP contribution >= 0.6 is 0 Å². The molecule has 0 amide bonds. The van der Waals surface area contributed by atoms with Crippen molar-refractivity contribution in [3.05, 3.63) is 46.5 Å². The van der Waals surface area contributed by atoms with Gasteiger partial charge in [0, 0.05) is 11.6 Å². The third-order valence-electron chi connectivity index (χ3n) is 2.21. The summed E-state index contributed by atoms with van der Waals surface area (Å²) in [5.41, 5.74) is 0.800. The summed E-state index contributed by atoms with van der Waals surface area (Å²) in [5.74, 6) is -0.238. The van der Waals surface area contributed by atoms with E-state index in [2.05, 4.69) is 10.2 Å². The molecule has 0 spiro atoms. The molecule has 88 valence electrons. The van der Waals surface area contributed by atoms with Crippen molar-refractivity contribution in [2.45, 2.75) is 6.92 Å². The van der Waals surface area contributed by atoms with Crippen LogP contribution in [0.5, 0.6) is 5.75 Å². The third-order valence-corrected chi connectivity index (χ3v) is 2.21. The second kappa shape index (κ2) is 4.78. The summed E-state index contributed by atoms with van der Waals surface area (Å²) in [6, 6.07) is 7.44. The van der Waals surface area contributed by atoms with Gasteiger partial charge in [0.1, 0.15) is 0 Å². The molecule has 0 aliphatic carbocycles. The van der Waals surface area contributed by atoms with Crippen molar-refractivity contribution in [3.63, 3.8) is 0 Å². The van der Waals surface area contributed by atoms with E-state index in [1.54, 1.807) is 19.1 Å². The van der Waals surface area contributed by atoms with Crippen molar-refractivity contribution in [3.8, 4) is 17.0 Å². The molecule has 1 heterocycles. The van der Waals surface area contributed by atoms with Gasteiger partial charge in [0.05, 0.1) is 12.3 Å². The van der Waals surface area contributed by atoms with E-state index in [1.165, 1.54) is 18.2 Å². The monoisotopic (exact) mass is 234 g/mol. The maximum atomic E-state index is 13.6. The summed E-state index contributed by atoms with van der Waals surface area (Å²) >= 11 is 0. The largest absolute Gasteiger partial charge is 0.491 e. The van der Waals surface area contributed by atoms with Gasteiger partial charge < -0.3 is 4.74 Å². The van der Waals surface area contributed by atoms with Gasteiger partial charge in [-0.15, -0.1) is 0 Å². The Balaban J connectivity index is 2.37. The SMILES string of the molecule is CCOc1ccc(-c2ccc(=O)[nH]n2)cc1F. The molecule has 0 fully saturated rings. The van der Waals surface area contributed by atoms with Crippen LogP contribution in [0.3, 0.4) is 0 Å². The lowest BCUT2D eigenvalue weighted by Crippen LogP contribution is -2.05. The zero-order chi connectivity index (χ0) is 12.3. The molecule has 0 unspecified atom stereocenters. The number of halogens is 1. The standard InChI is InChI=1S/C12H11FN2O2/c1-2-17-11-5-3-8(7-9(11)13)10-4-6-12(16)15-14-10/h3-7H,2H2,1H3,(H,15,16). The van der Waals surface area contributed by atoms with Crippen LogP contribution in [-0.2, 0) is 0 Å². The van der Waals surface area contributed by atoms with Gasteiger partial charge in [-0.25, -0.2) is 9.49 Å². The number of aromatic nitrogens is 2. The second-order valence-electron chi connectivity index (χ2n) is 3.38. The van der Waals surface area contributed by atoms with Crippen LogP contribution in [0.2, 0.25) is 0 Å². The Bertz CT molecular complexity index is 560. The minimum atomic E-state index is -0.447. The van der Waals surface area contributed by atoms with E-state index >= 15 is 0 Å². The van der Waals surface area contributed by atoms with Gasteiger partial charge in [-0.2, -0.15) is 5.10 Å².